The molecule has 2 nitrogen and oxygen atoms in total. The van der Waals surface area contributed by atoms with E-state index in [-0.39, 0.29) is 0 Å². The Kier molecular flexibility index (Phi) is 6.39. The average Bonchev–Trinajstić information content (AvgIpc) is 2.69. The Morgan fingerprint density at radius 3 is 2.15 bits per heavy atom. The molecule has 0 saturated heterocycles. The van der Waals surface area contributed by atoms with Gasteiger partial charge in [-0.15, -0.1) is 0 Å². The van der Waals surface area contributed by atoms with Gasteiger partial charge in [0.1, 0.15) is 0 Å². The summed E-state index contributed by atoms with van der Waals surface area (Å²) in [6, 6.07) is 29.2. The van der Waals surface area contributed by atoms with E-state index in [0.717, 1.165) is 30.3 Å². The van der Waals surface area contributed by atoms with E-state index in [1.165, 1.54) is 16.7 Å². The van der Waals surface area contributed by atoms with E-state index in [9.17, 15) is 0 Å². The number of thiocarbonyl (C=S) groups is 1. The quantitative estimate of drug-likeness (QED) is 0.614. The highest BCUT2D eigenvalue weighted by atomic mass is 32.1. The number of para-hydroxylation sites is 1. The fourth-order valence-corrected chi connectivity index (χ4v) is 3.22. The minimum Gasteiger partial charge on any atom is -0.362 e. The van der Waals surface area contributed by atoms with Crippen LogP contribution in [0.1, 0.15) is 16.7 Å². The summed E-state index contributed by atoms with van der Waals surface area (Å²) in [5.41, 5.74) is 5.02. The van der Waals surface area contributed by atoms with Crippen molar-refractivity contribution in [3.05, 3.63) is 102 Å². The molecule has 0 atom stereocenters. The van der Waals surface area contributed by atoms with Crippen molar-refractivity contribution in [1.29, 1.82) is 0 Å². The minimum absolute atomic E-state index is 0.751. The standard InChI is InChI=1S/C23H24N2S/c1-19-10-8-9-13-21(19)16-17-24-23(26)25(22-14-6-3-7-15-22)18-20-11-4-2-5-12-20/h2-15H,16-18H2,1H3,(H,24,26). The van der Waals surface area contributed by atoms with Gasteiger partial charge in [0, 0.05) is 12.2 Å². The fraction of sp³-hybridized carbons (Fsp3) is 0.174. The van der Waals surface area contributed by atoms with Crippen molar-refractivity contribution in [3.63, 3.8) is 0 Å². The molecule has 0 amide bonds. The predicted molar refractivity (Wildman–Crippen MR) is 115 cm³/mol. The zero-order chi connectivity index (χ0) is 18.2. The maximum absolute atomic E-state index is 5.72. The number of nitrogens with one attached hydrogen (secondary N) is 1. The number of anilines is 1. The SMILES string of the molecule is Cc1ccccc1CCNC(=S)N(Cc1ccccc1)c1ccccc1. The van der Waals surface area contributed by atoms with Gasteiger partial charge >= 0.3 is 0 Å². The summed E-state index contributed by atoms with van der Waals surface area (Å²) in [6.45, 7) is 3.72. The lowest BCUT2D eigenvalue weighted by Crippen LogP contribution is -2.40. The van der Waals surface area contributed by atoms with Crippen LogP contribution in [0.3, 0.4) is 0 Å². The van der Waals surface area contributed by atoms with E-state index in [0.29, 0.717) is 0 Å². The number of benzene rings is 3. The highest BCUT2D eigenvalue weighted by Crippen LogP contribution is 2.17. The lowest BCUT2D eigenvalue weighted by molar-refractivity contribution is 0.842. The van der Waals surface area contributed by atoms with Gasteiger partial charge in [-0.1, -0.05) is 72.8 Å². The van der Waals surface area contributed by atoms with E-state index < -0.39 is 0 Å². The number of hydrogen-bond acceptors (Lipinski definition) is 1. The summed E-state index contributed by atoms with van der Waals surface area (Å²) < 4.78 is 0. The smallest absolute Gasteiger partial charge is 0.173 e. The molecule has 0 heterocycles. The Labute approximate surface area is 161 Å². The molecule has 3 heteroatoms. The van der Waals surface area contributed by atoms with Crippen LogP contribution < -0.4 is 10.2 Å². The largest absolute Gasteiger partial charge is 0.362 e. The first kappa shape index (κ1) is 18.2. The monoisotopic (exact) mass is 360 g/mol. The molecule has 0 aliphatic heterocycles. The first-order chi connectivity index (χ1) is 12.7. The lowest BCUT2D eigenvalue weighted by atomic mass is 10.1. The highest BCUT2D eigenvalue weighted by Gasteiger charge is 2.12. The summed E-state index contributed by atoms with van der Waals surface area (Å²) >= 11 is 5.72. The van der Waals surface area contributed by atoms with Crippen LogP contribution in [0, 0.1) is 6.92 Å². The molecule has 0 aliphatic rings. The molecule has 3 aromatic rings. The predicted octanol–water partition coefficient (Wildman–Crippen LogP) is 5.12. The molecule has 26 heavy (non-hydrogen) atoms. The fourth-order valence-electron chi connectivity index (χ4n) is 2.94. The van der Waals surface area contributed by atoms with Gasteiger partial charge in [-0.25, -0.2) is 0 Å². The second-order valence-corrected chi connectivity index (χ2v) is 6.70. The molecule has 3 rings (SSSR count). The second kappa shape index (κ2) is 9.16. The van der Waals surface area contributed by atoms with Crippen LogP contribution >= 0.6 is 12.2 Å². The van der Waals surface area contributed by atoms with Crippen LogP contribution in [0.2, 0.25) is 0 Å². The Morgan fingerprint density at radius 2 is 1.46 bits per heavy atom. The van der Waals surface area contributed by atoms with Crippen molar-refractivity contribution < 1.29 is 0 Å². The van der Waals surface area contributed by atoms with Crippen molar-refractivity contribution in [2.45, 2.75) is 19.9 Å². The zero-order valence-electron chi connectivity index (χ0n) is 15.1. The van der Waals surface area contributed by atoms with Crippen LogP contribution in [0.15, 0.2) is 84.9 Å². The summed E-state index contributed by atoms with van der Waals surface area (Å²) in [6.07, 6.45) is 0.959. The molecular weight excluding hydrogens is 336 g/mol. The molecule has 132 valence electrons. The Hall–Kier alpha value is -2.65. The molecule has 0 spiro atoms. The number of nitrogens with zero attached hydrogens (tertiary/aromatic N) is 1. The maximum Gasteiger partial charge on any atom is 0.173 e. The summed E-state index contributed by atoms with van der Waals surface area (Å²) in [7, 11) is 0. The topological polar surface area (TPSA) is 15.3 Å². The van der Waals surface area contributed by atoms with Gasteiger partial charge in [0.05, 0.1) is 6.54 Å². The van der Waals surface area contributed by atoms with Gasteiger partial charge < -0.3 is 10.2 Å². The molecule has 0 aliphatic carbocycles. The van der Waals surface area contributed by atoms with Gasteiger partial charge in [0.15, 0.2) is 5.11 Å². The second-order valence-electron chi connectivity index (χ2n) is 6.32. The van der Waals surface area contributed by atoms with Crippen molar-refractivity contribution in [3.8, 4) is 0 Å². The number of rotatable bonds is 6. The molecule has 0 bridgehead atoms. The maximum atomic E-state index is 5.72. The highest BCUT2D eigenvalue weighted by molar-refractivity contribution is 7.80. The van der Waals surface area contributed by atoms with Gasteiger partial charge in [-0.05, 0) is 54.4 Å². The molecule has 0 unspecified atom stereocenters. The zero-order valence-corrected chi connectivity index (χ0v) is 15.9. The van der Waals surface area contributed by atoms with Crippen LogP contribution in [-0.2, 0) is 13.0 Å². The summed E-state index contributed by atoms with van der Waals surface area (Å²) in [5.74, 6) is 0. The molecular formula is C23H24N2S. The van der Waals surface area contributed by atoms with Gasteiger partial charge in [0.2, 0.25) is 0 Å². The number of aryl methyl sites for hydroxylation is 1. The lowest BCUT2D eigenvalue weighted by Gasteiger charge is -2.26. The minimum atomic E-state index is 0.751. The van der Waals surface area contributed by atoms with E-state index in [4.69, 9.17) is 12.2 Å². The molecule has 0 fully saturated rings. The normalized spacial score (nSPS) is 10.3. The van der Waals surface area contributed by atoms with Gasteiger partial charge in [0.25, 0.3) is 0 Å². The van der Waals surface area contributed by atoms with Crippen LogP contribution in [-0.4, -0.2) is 11.7 Å². The third-order valence-corrected chi connectivity index (χ3v) is 4.79. The summed E-state index contributed by atoms with van der Waals surface area (Å²) in [4.78, 5) is 2.16. The van der Waals surface area contributed by atoms with Gasteiger partial charge in [-0.2, -0.15) is 0 Å². The first-order valence-corrected chi connectivity index (χ1v) is 9.34. The Morgan fingerprint density at radius 1 is 0.846 bits per heavy atom. The third kappa shape index (κ3) is 4.93. The van der Waals surface area contributed by atoms with Crippen molar-refractivity contribution >= 4 is 23.0 Å². The average molecular weight is 361 g/mol. The summed E-state index contributed by atoms with van der Waals surface area (Å²) in [5, 5.41) is 4.19. The Balaban J connectivity index is 1.68. The van der Waals surface area contributed by atoms with Crippen LogP contribution in [0.25, 0.3) is 0 Å². The van der Waals surface area contributed by atoms with Crippen molar-refractivity contribution in [2.75, 3.05) is 11.4 Å². The molecule has 0 aromatic heterocycles. The third-order valence-electron chi connectivity index (χ3n) is 4.43. The molecule has 0 radical (unpaired) electrons. The van der Waals surface area contributed by atoms with Crippen LogP contribution in [0.4, 0.5) is 5.69 Å². The molecule has 3 aromatic carbocycles. The van der Waals surface area contributed by atoms with E-state index in [2.05, 4.69) is 77.8 Å². The molecule has 1 N–H and O–H groups in total. The van der Waals surface area contributed by atoms with Crippen molar-refractivity contribution in [2.24, 2.45) is 0 Å². The van der Waals surface area contributed by atoms with E-state index >= 15 is 0 Å². The van der Waals surface area contributed by atoms with Gasteiger partial charge in [-0.3, -0.25) is 0 Å². The van der Waals surface area contributed by atoms with Crippen LogP contribution in [0.5, 0.6) is 0 Å². The van der Waals surface area contributed by atoms with Crippen molar-refractivity contribution in [1.82, 2.24) is 5.32 Å². The molecule has 0 saturated carbocycles. The first-order valence-electron chi connectivity index (χ1n) is 8.93. The van der Waals surface area contributed by atoms with E-state index in [1.54, 1.807) is 0 Å². The van der Waals surface area contributed by atoms with E-state index in [1.807, 2.05) is 24.3 Å². The number of hydrogen-bond donors (Lipinski definition) is 1. The Bertz CT molecular complexity index is 831.